The van der Waals surface area contributed by atoms with Crippen molar-refractivity contribution in [1.29, 1.82) is 5.41 Å². The summed E-state index contributed by atoms with van der Waals surface area (Å²) in [4.78, 5) is 2.27. The second-order valence-corrected chi connectivity index (χ2v) is 5.12. The fraction of sp³-hybridized carbons (Fsp3) is 0.417. The SMILES string of the molecule is COc1ccc(C(=N)N)c(N2CCSCC2)c1. The molecule has 0 amide bonds. The van der Waals surface area contributed by atoms with Crippen molar-refractivity contribution >= 4 is 23.3 Å². The van der Waals surface area contributed by atoms with Gasteiger partial charge in [0.05, 0.1) is 12.8 Å². The maximum atomic E-state index is 7.63. The van der Waals surface area contributed by atoms with E-state index >= 15 is 0 Å². The van der Waals surface area contributed by atoms with E-state index in [0.29, 0.717) is 0 Å². The zero-order chi connectivity index (χ0) is 12.3. The molecule has 0 bridgehead atoms. The largest absolute Gasteiger partial charge is 0.497 e. The van der Waals surface area contributed by atoms with Gasteiger partial charge >= 0.3 is 0 Å². The van der Waals surface area contributed by atoms with Crippen molar-refractivity contribution < 1.29 is 4.74 Å². The summed E-state index contributed by atoms with van der Waals surface area (Å²) in [7, 11) is 1.65. The molecular weight excluding hydrogens is 234 g/mol. The zero-order valence-corrected chi connectivity index (χ0v) is 10.7. The lowest BCUT2D eigenvalue weighted by atomic mass is 10.1. The van der Waals surface area contributed by atoms with Crippen molar-refractivity contribution in [3.63, 3.8) is 0 Å². The molecule has 0 saturated carbocycles. The molecule has 2 rings (SSSR count). The Morgan fingerprint density at radius 1 is 1.41 bits per heavy atom. The minimum absolute atomic E-state index is 0.112. The number of hydrogen-bond acceptors (Lipinski definition) is 4. The molecule has 3 N–H and O–H groups in total. The van der Waals surface area contributed by atoms with Gasteiger partial charge in [-0.2, -0.15) is 11.8 Å². The Labute approximate surface area is 106 Å². The molecule has 0 spiro atoms. The Morgan fingerprint density at radius 2 is 2.12 bits per heavy atom. The molecule has 0 aliphatic carbocycles. The third-order valence-electron chi connectivity index (χ3n) is 2.85. The Balaban J connectivity index is 2.36. The number of rotatable bonds is 3. The molecule has 5 heteroatoms. The van der Waals surface area contributed by atoms with Gasteiger partial charge < -0.3 is 15.4 Å². The molecule has 4 nitrogen and oxygen atoms in total. The van der Waals surface area contributed by atoms with Crippen LogP contribution in [-0.2, 0) is 0 Å². The molecule has 1 aliphatic heterocycles. The molecular formula is C12H17N3OS. The molecule has 0 radical (unpaired) electrons. The average molecular weight is 251 g/mol. The molecule has 0 unspecified atom stereocenters. The van der Waals surface area contributed by atoms with E-state index in [1.807, 2.05) is 30.0 Å². The highest BCUT2D eigenvalue weighted by molar-refractivity contribution is 7.99. The fourth-order valence-electron chi connectivity index (χ4n) is 1.93. The first-order chi connectivity index (χ1) is 8.22. The van der Waals surface area contributed by atoms with Crippen LogP contribution in [0.3, 0.4) is 0 Å². The number of ether oxygens (including phenoxy) is 1. The van der Waals surface area contributed by atoms with Crippen LogP contribution in [0, 0.1) is 5.41 Å². The number of nitrogens with two attached hydrogens (primary N) is 1. The van der Waals surface area contributed by atoms with E-state index in [4.69, 9.17) is 15.9 Å². The van der Waals surface area contributed by atoms with Crippen molar-refractivity contribution in [2.45, 2.75) is 0 Å². The molecule has 1 heterocycles. The van der Waals surface area contributed by atoms with Crippen molar-refractivity contribution in [1.82, 2.24) is 0 Å². The topological polar surface area (TPSA) is 62.3 Å². The molecule has 0 atom stereocenters. The lowest BCUT2D eigenvalue weighted by Crippen LogP contribution is -2.34. The first-order valence-electron chi connectivity index (χ1n) is 5.57. The van der Waals surface area contributed by atoms with E-state index in [1.165, 1.54) is 0 Å². The lowest BCUT2D eigenvalue weighted by molar-refractivity contribution is 0.415. The number of anilines is 1. The van der Waals surface area contributed by atoms with Gasteiger partial charge in [0.25, 0.3) is 0 Å². The van der Waals surface area contributed by atoms with Crippen LogP contribution < -0.4 is 15.4 Å². The highest BCUT2D eigenvalue weighted by Crippen LogP contribution is 2.27. The third kappa shape index (κ3) is 2.66. The van der Waals surface area contributed by atoms with Gasteiger partial charge in [0.15, 0.2) is 0 Å². The highest BCUT2D eigenvalue weighted by Gasteiger charge is 2.16. The minimum atomic E-state index is 0.112. The normalized spacial score (nSPS) is 15.7. The number of nitrogens with zero attached hydrogens (tertiary/aromatic N) is 1. The maximum Gasteiger partial charge on any atom is 0.124 e. The van der Waals surface area contributed by atoms with Crippen molar-refractivity contribution in [3.8, 4) is 5.75 Å². The number of amidine groups is 1. The number of nitrogen functional groups attached to an aromatic ring is 1. The van der Waals surface area contributed by atoms with E-state index in [2.05, 4.69) is 4.90 Å². The van der Waals surface area contributed by atoms with Crippen LogP contribution in [0.2, 0.25) is 0 Å². The summed E-state index contributed by atoms with van der Waals surface area (Å²) < 4.78 is 5.24. The molecule has 1 aromatic carbocycles. The number of nitrogens with one attached hydrogen (secondary N) is 1. The van der Waals surface area contributed by atoms with Crippen LogP contribution in [0.15, 0.2) is 18.2 Å². The number of methoxy groups -OCH3 is 1. The summed E-state index contributed by atoms with van der Waals surface area (Å²) in [6.07, 6.45) is 0. The molecule has 0 aromatic heterocycles. The lowest BCUT2D eigenvalue weighted by Gasteiger charge is -2.30. The van der Waals surface area contributed by atoms with E-state index < -0.39 is 0 Å². The van der Waals surface area contributed by atoms with E-state index in [9.17, 15) is 0 Å². The Bertz CT molecular complexity index is 416. The summed E-state index contributed by atoms with van der Waals surface area (Å²) in [5, 5.41) is 7.63. The predicted octanol–water partition coefficient (Wildman–Crippen LogP) is 1.53. The molecule has 17 heavy (non-hydrogen) atoms. The van der Waals surface area contributed by atoms with E-state index in [1.54, 1.807) is 7.11 Å². The molecule has 1 aromatic rings. The first kappa shape index (κ1) is 12.1. The Kier molecular flexibility index (Phi) is 3.78. The summed E-state index contributed by atoms with van der Waals surface area (Å²) in [6, 6.07) is 5.67. The van der Waals surface area contributed by atoms with Gasteiger partial charge in [0.2, 0.25) is 0 Å². The van der Waals surface area contributed by atoms with Gasteiger partial charge in [-0.05, 0) is 12.1 Å². The number of hydrogen-bond donors (Lipinski definition) is 2. The second kappa shape index (κ2) is 5.31. The molecule has 1 aliphatic rings. The second-order valence-electron chi connectivity index (χ2n) is 3.90. The molecule has 92 valence electrons. The number of thioether (sulfide) groups is 1. The van der Waals surface area contributed by atoms with Crippen LogP contribution in [0.25, 0.3) is 0 Å². The van der Waals surface area contributed by atoms with Gasteiger partial charge in [-0.15, -0.1) is 0 Å². The number of benzene rings is 1. The molecule has 1 fully saturated rings. The van der Waals surface area contributed by atoms with Gasteiger partial charge in [0, 0.05) is 36.2 Å². The summed E-state index contributed by atoms with van der Waals surface area (Å²) in [6.45, 7) is 2.00. The van der Waals surface area contributed by atoms with Crippen molar-refractivity contribution in [3.05, 3.63) is 23.8 Å². The molecule has 1 saturated heterocycles. The average Bonchev–Trinajstić information content (AvgIpc) is 2.39. The van der Waals surface area contributed by atoms with Crippen molar-refractivity contribution in [2.24, 2.45) is 5.73 Å². The maximum absolute atomic E-state index is 7.63. The van der Waals surface area contributed by atoms with Gasteiger partial charge in [-0.1, -0.05) is 0 Å². The van der Waals surface area contributed by atoms with Crippen LogP contribution in [0.4, 0.5) is 5.69 Å². The summed E-state index contributed by atoms with van der Waals surface area (Å²) >= 11 is 1.96. The van der Waals surface area contributed by atoms with Crippen molar-refractivity contribution in [2.75, 3.05) is 36.6 Å². The third-order valence-corrected chi connectivity index (χ3v) is 3.79. The summed E-state index contributed by atoms with van der Waals surface area (Å²) in [5.74, 6) is 3.16. The smallest absolute Gasteiger partial charge is 0.124 e. The van der Waals surface area contributed by atoms with Crippen LogP contribution in [-0.4, -0.2) is 37.5 Å². The van der Waals surface area contributed by atoms with E-state index in [0.717, 1.165) is 41.6 Å². The van der Waals surface area contributed by atoms with Gasteiger partial charge in [-0.3, -0.25) is 5.41 Å². The quantitative estimate of drug-likeness (QED) is 0.632. The van der Waals surface area contributed by atoms with E-state index in [-0.39, 0.29) is 5.84 Å². The minimum Gasteiger partial charge on any atom is -0.497 e. The Hall–Kier alpha value is -1.36. The van der Waals surface area contributed by atoms with Crippen LogP contribution in [0.5, 0.6) is 5.75 Å². The monoisotopic (exact) mass is 251 g/mol. The Morgan fingerprint density at radius 3 is 2.71 bits per heavy atom. The predicted molar refractivity (Wildman–Crippen MR) is 73.5 cm³/mol. The summed E-state index contributed by atoms with van der Waals surface area (Å²) in [5.41, 5.74) is 7.42. The van der Waals surface area contributed by atoms with Crippen LogP contribution >= 0.6 is 11.8 Å². The zero-order valence-electron chi connectivity index (χ0n) is 9.90. The van der Waals surface area contributed by atoms with Gasteiger partial charge in [0.1, 0.15) is 11.6 Å². The van der Waals surface area contributed by atoms with Gasteiger partial charge in [-0.25, -0.2) is 0 Å². The highest BCUT2D eigenvalue weighted by atomic mass is 32.2. The first-order valence-corrected chi connectivity index (χ1v) is 6.73. The standard InChI is InChI=1S/C12H17N3OS/c1-16-9-2-3-10(12(13)14)11(8-9)15-4-6-17-7-5-15/h2-3,8H,4-7H2,1H3,(H3,13,14). The van der Waals surface area contributed by atoms with Crippen LogP contribution in [0.1, 0.15) is 5.56 Å². The fourth-order valence-corrected chi connectivity index (χ4v) is 2.84.